The molecule has 1 unspecified atom stereocenters. The molecule has 2 amide bonds. The molecule has 2 aliphatic rings. The number of nitrogens with zero attached hydrogens (tertiary/aromatic N) is 2. The molecule has 2 aliphatic heterocycles. The van der Waals surface area contributed by atoms with Crippen molar-refractivity contribution in [1.29, 1.82) is 0 Å². The van der Waals surface area contributed by atoms with E-state index in [1.165, 1.54) is 0 Å². The summed E-state index contributed by atoms with van der Waals surface area (Å²) in [6.45, 7) is 3.70. The summed E-state index contributed by atoms with van der Waals surface area (Å²) in [5.74, 6) is -0.731. The van der Waals surface area contributed by atoms with Crippen LogP contribution in [0.2, 0.25) is 0 Å². The monoisotopic (exact) mass is 242 g/mol. The van der Waals surface area contributed by atoms with Crippen molar-refractivity contribution in [3.05, 3.63) is 0 Å². The minimum Gasteiger partial charge on any atom is -0.481 e. The third kappa shape index (κ3) is 2.69. The Morgan fingerprint density at radius 1 is 1.35 bits per heavy atom. The van der Waals surface area contributed by atoms with Crippen LogP contribution in [0.5, 0.6) is 0 Å². The fourth-order valence-corrected chi connectivity index (χ4v) is 2.41. The summed E-state index contributed by atoms with van der Waals surface area (Å²) in [6, 6.07) is -0.0792. The molecule has 96 valence electrons. The van der Waals surface area contributed by atoms with Gasteiger partial charge in [-0.2, -0.15) is 0 Å². The fourth-order valence-electron chi connectivity index (χ4n) is 2.41. The maximum atomic E-state index is 11.9. The van der Waals surface area contributed by atoms with Crippen LogP contribution in [0.1, 0.15) is 19.8 Å². The highest BCUT2D eigenvalue weighted by Crippen LogP contribution is 2.25. The standard InChI is InChI=1S/C11H18N2O4/c1-11(17)2-3-12(7-11)10(16)13-5-8(6-13)4-9(14)15/h8,17H,2-7H2,1H3,(H,14,15). The van der Waals surface area contributed by atoms with Gasteiger partial charge in [-0.25, -0.2) is 4.79 Å². The molecule has 0 bridgehead atoms. The molecule has 1 atom stereocenters. The lowest BCUT2D eigenvalue weighted by atomic mass is 9.97. The van der Waals surface area contributed by atoms with Crippen LogP contribution < -0.4 is 0 Å². The van der Waals surface area contributed by atoms with Crippen LogP contribution in [0, 0.1) is 5.92 Å². The van der Waals surface area contributed by atoms with Crippen LogP contribution in [0.25, 0.3) is 0 Å². The van der Waals surface area contributed by atoms with Gasteiger partial charge in [0.1, 0.15) is 0 Å². The number of rotatable bonds is 2. The molecule has 2 N–H and O–H groups in total. The first-order valence-corrected chi connectivity index (χ1v) is 5.85. The lowest BCUT2D eigenvalue weighted by Gasteiger charge is -2.40. The van der Waals surface area contributed by atoms with Gasteiger partial charge in [-0.1, -0.05) is 0 Å². The van der Waals surface area contributed by atoms with Gasteiger partial charge in [0.2, 0.25) is 0 Å². The van der Waals surface area contributed by atoms with Crippen molar-refractivity contribution in [2.24, 2.45) is 5.92 Å². The first kappa shape index (κ1) is 12.2. The molecule has 0 spiro atoms. The van der Waals surface area contributed by atoms with E-state index in [1.807, 2.05) is 0 Å². The zero-order valence-corrected chi connectivity index (χ0v) is 9.93. The van der Waals surface area contributed by atoms with Crippen molar-refractivity contribution < 1.29 is 19.8 Å². The van der Waals surface area contributed by atoms with Crippen molar-refractivity contribution in [3.8, 4) is 0 Å². The number of carboxylic acid groups (broad SMARTS) is 1. The Bertz CT molecular complexity index is 336. The van der Waals surface area contributed by atoms with Gasteiger partial charge in [-0.15, -0.1) is 0 Å². The predicted octanol–water partition coefficient (Wildman–Crippen LogP) is -0.0304. The molecule has 6 heteroatoms. The number of likely N-dealkylation sites (tertiary alicyclic amines) is 2. The van der Waals surface area contributed by atoms with Gasteiger partial charge in [0.25, 0.3) is 0 Å². The molecule has 0 saturated carbocycles. The van der Waals surface area contributed by atoms with E-state index in [1.54, 1.807) is 16.7 Å². The number of carbonyl (C=O) groups excluding carboxylic acids is 1. The van der Waals surface area contributed by atoms with E-state index in [0.717, 1.165) is 0 Å². The number of carbonyl (C=O) groups is 2. The van der Waals surface area contributed by atoms with E-state index < -0.39 is 11.6 Å². The molecule has 0 aromatic rings. The highest BCUT2D eigenvalue weighted by molar-refractivity contribution is 5.76. The number of β-amino-alcohol motifs (C(OH)–C–C–N with tert-alkyl or cyclic N) is 1. The second-order valence-corrected chi connectivity index (χ2v) is 5.32. The van der Waals surface area contributed by atoms with E-state index in [-0.39, 0.29) is 18.4 Å². The van der Waals surface area contributed by atoms with Gasteiger partial charge in [0.05, 0.1) is 18.6 Å². The maximum Gasteiger partial charge on any atom is 0.320 e. The molecule has 0 aromatic carbocycles. The molecular formula is C11H18N2O4. The molecule has 2 heterocycles. The Hall–Kier alpha value is -1.30. The van der Waals surface area contributed by atoms with Crippen molar-refractivity contribution in [1.82, 2.24) is 9.80 Å². The van der Waals surface area contributed by atoms with Crippen molar-refractivity contribution in [2.45, 2.75) is 25.4 Å². The Morgan fingerprint density at radius 3 is 2.47 bits per heavy atom. The van der Waals surface area contributed by atoms with Crippen LogP contribution in [0.4, 0.5) is 4.79 Å². The summed E-state index contributed by atoms with van der Waals surface area (Å²) < 4.78 is 0. The van der Waals surface area contributed by atoms with Gasteiger partial charge in [0, 0.05) is 25.6 Å². The number of hydrogen-bond acceptors (Lipinski definition) is 3. The lowest BCUT2D eigenvalue weighted by Crippen LogP contribution is -2.55. The Balaban J connectivity index is 1.78. The number of aliphatic hydroxyl groups is 1. The summed E-state index contributed by atoms with van der Waals surface area (Å²) in [6.07, 6.45) is 0.729. The predicted molar refractivity (Wildman–Crippen MR) is 59.5 cm³/mol. The molecule has 2 saturated heterocycles. The molecule has 2 fully saturated rings. The quantitative estimate of drug-likeness (QED) is 0.712. The molecule has 0 radical (unpaired) electrons. The van der Waals surface area contributed by atoms with Gasteiger partial charge in [-0.3, -0.25) is 4.79 Å². The zero-order valence-electron chi connectivity index (χ0n) is 9.93. The number of aliphatic carboxylic acids is 1. The van der Waals surface area contributed by atoms with Crippen LogP contribution in [0.15, 0.2) is 0 Å². The largest absolute Gasteiger partial charge is 0.481 e. The number of amides is 2. The van der Waals surface area contributed by atoms with E-state index in [2.05, 4.69) is 0 Å². The van der Waals surface area contributed by atoms with E-state index in [0.29, 0.717) is 32.6 Å². The SMILES string of the molecule is CC1(O)CCN(C(=O)N2CC(CC(=O)O)C2)C1. The first-order valence-electron chi connectivity index (χ1n) is 5.85. The van der Waals surface area contributed by atoms with Crippen LogP contribution >= 0.6 is 0 Å². The minimum atomic E-state index is -0.814. The topological polar surface area (TPSA) is 81.1 Å². The van der Waals surface area contributed by atoms with Crippen molar-refractivity contribution >= 4 is 12.0 Å². The zero-order chi connectivity index (χ0) is 12.6. The second-order valence-electron chi connectivity index (χ2n) is 5.32. The van der Waals surface area contributed by atoms with Gasteiger partial charge < -0.3 is 20.0 Å². The molecule has 17 heavy (non-hydrogen) atoms. The van der Waals surface area contributed by atoms with Gasteiger partial charge >= 0.3 is 12.0 Å². The smallest absolute Gasteiger partial charge is 0.320 e. The molecule has 0 aliphatic carbocycles. The Labute approximate surface area is 99.8 Å². The van der Waals surface area contributed by atoms with Crippen LogP contribution in [0.3, 0.4) is 0 Å². The molecule has 2 rings (SSSR count). The number of urea groups is 1. The Morgan fingerprint density at radius 2 is 2.00 bits per heavy atom. The summed E-state index contributed by atoms with van der Waals surface area (Å²) in [4.78, 5) is 25.7. The molecular weight excluding hydrogens is 224 g/mol. The van der Waals surface area contributed by atoms with Gasteiger partial charge in [0.15, 0.2) is 0 Å². The van der Waals surface area contributed by atoms with Crippen molar-refractivity contribution in [2.75, 3.05) is 26.2 Å². The number of hydrogen-bond donors (Lipinski definition) is 2. The average Bonchev–Trinajstić information content (AvgIpc) is 2.50. The average molecular weight is 242 g/mol. The highest BCUT2D eigenvalue weighted by Gasteiger charge is 2.39. The Kier molecular flexibility index (Phi) is 2.99. The third-order valence-corrected chi connectivity index (χ3v) is 3.41. The summed E-state index contributed by atoms with van der Waals surface area (Å²) in [7, 11) is 0. The summed E-state index contributed by atoms with van der Waals surface area (Å²) in [5, 5.41) is 18.4. The van der Waals surface area contributed by atoms with Crippen molar-refractivity contribution in [3.63, 3.8) is 0 Å². The van der Waals surface area contributed by atoms with E-state index in [9.17, 15) is 14.7 Å². The van der Waals surface area contributed by atoms with Crippen LogP contribution in [-0.4, -0.2) is 63.8 Å². The molecule has 0 aromatic heterocycles. The summed E-state index contributed by atoms with van der Waals surface area (Å²) in [5.41, 5.74) is -0.777. The minimum absolute atomic E-state index is 0.0792. The first-order chi connectivity index (χ1) is 7.87. The summed E-state index contributed by atoms with van der Waals surface area (Å²) >= 11 is 0. The fraction of sp³-hybridized carbons (Fsp3) is 0.818. The normalized spacial score (nSPS) is 29.3. The lowest BCUT2D eigenvalue weighted by molar-refractivity contribution is -0.139. The maximum absolute atomic E-state index is 11.9. The highest BCUT2D eigenvalue weighted by atomic mass is 16.4. The van der Waals surface area contributed by atoms with E-state index in [4.69, 9.17) is 5.11 Å². The van der Waals surface area contributed by atoms with Gasteiger partial charge in [-0.05, 0) is 13.3 Å². The van der Waals surface area contributed by atoms with E-state index >= 15 is 0 Å². The van der Waals surface area contributed by atoms with Crippen LogP contribution in [-0.2, 0) is 4.79 Å². The second kappa shape index (κ2) is 4.18. The molecule has 6 nitrogen and oxygen atoms in total. The number of carboxylic acids is 1. The third-order valence-electron chi connectivity index (χ3n) is 3.41.